The van der Waals surface area contributed by atoms with Gasteiger partial charge in [-0.3, -0.25) is 5.43 Å². The van der Waals surface area contributed by atoms with Crippen molar-refractivity contribution in [1.82, 2.24) is 5.43 Å². The minimum absolute atomic E-state index is 0.177. The quantitative estimate of drug-likeness (QED) is 0.399. The molecule has 0 saturated carbocycles. The zero-order valence-corrected chi connectivity index (χ0v) is 10.2. The summed E-state index contributed by atoms with van der Waals surface area (Å²) in [7, 11) is 0. The van der Waals surface area contributed by atoms with Crippen molar-refractivity contribution in [3.63, 3.8) is 0 Å². The summed E-state index contributed by atoms with van der Waals surface area (Å²) in [5.74, 6) is 1.01. The van der Waals surface area contributed by atoms with Crippen LogP contribution >= 0.6 is 24.0 Å². The Bertz CT molecular complexity index is 456. The summed E-state index contributed by atoms with van der Waals surface area (Å²) in [5.41, 5.74) is 16.5. The second-order valence-corrected chi connectivity index (χ2v) is 4.97. The molecule has 1 heterocycles. The summed E-state index contributed by atoms with van der Waals surface area (Å²) in [5, 5.41) is 4.37. The fourth-order valence-electron chi connectivity index (χ4n) is 1.53. The number of nitrogens with two attached hydrogens (primary N) is 2. The Morgan fingerprint density at radius 1 is 1.50 bits per heavy atom. The molecule has 0 aliphatic carbocycles. The van der Waals surface area contributed by atoms with E-state index in [1.807, 2.05) is 30.0 Å². The highest BCUT2D eigenvalue weighted by Gasteiger charge is 2.16. The summed E-state index contributed by atoms with van der Waals surface area (Å²) in [6, 6.07) is 5.85. The highest BCUT2D eigenvalue weighted by Crippen LogP contribution is 2.31. The first-order chi connectivity index (χ1) is 7.66. The molecule has 4 nitrogen and oxygen atoms in total. The average Bonchev–Trinajstić information content (AvgIpc) is 2.26. The molecular weight excluding hydrogens is 240 g/mol. The molecule has 0 amide bonds. The van der Waals surface area contributed by atoms with Gasteiger partial charge in [-0.2, -0.15) is 5.10 Å². The lowest BCUT2D eigenvalue weighted by atomic mass is 10.1. The summed E-state index contributed by atoms with van der Waals surface area (Å²) >= 11 is 6.53. The van der Waals surface area contributed by atoms with Gasteiger partial charge in [-0.05, 0) is 30.4 Å². The van der Waals surface area contributed by atoms with E-state index in [4.69, 9.17) is 23.7 Å². The van der Waals surface area contributed by atoms with Crippen molar-refractivity contribution in [2.45, 2.75) is 11.3 Å². The van der Waals surface area contributed by atoms with Crippen LogP contribution in [0.3, 0.4) is 0 Å². The first-order valence-electron chi connectivity index (χ1n) is 4.81. The third-order valence-electron chi connectivity index (χ3n) is 2.21. The number of nitrogens with one attached hydrogen (secondary N) is 1. The van der Waals surface area contributed by atoms with Crippen molar-refractivity contribution in [1.29, 1.82) is 0 Å². The molecule has 0 unspecified atom stereocenters. The number of thioether (sulfide) groups is 1. The van der Waals surface area contributed by atoms with Crippen molar-refractivity contribution in [3.8, 4) is 0 Å². The second-order valence-electron chi connectivity index (χ2n) is 3.39. The molecule has 0 aromatic heterocycles. The Morgan fingerprint density at radius 2 is 2.31 bits per heavy atom. The molecule has 5 N–H and O–H groups in total. The van der Waals surface area contributed by atoms with Crippen LogP contribution < -0.4 is 16.9 Å². The van der Waals surface area contributed by atoms with Gasteiger partial charge < -0.3 is 11.5 Å². The van der Waals surface area contributed by atoms with Crippen molar-refractivity contribution in [3.05, 3.63) is 23.8 Å². The number of benzene rings is 1. The number of anilines is 1. The summed E-state index contributed by atoms with van der Waals surface area (Å²) in [4.78, 5) is 1.20. The number of nitrogens with zero attached hydrogens (tertiary/aromatic N) is 1. The Morgan fingerprint density at radius 3 is 3.06 bits per heavy atom. The van der Waals surface area contributed by atoms with E-state index in [2.05, 4.69) is 10.5 Å². The maximum Gasteiger partial charge on any atom is 0.184 e. The average molecular weight is 252 g/mol. The standard InChI is InChI=1S/C10H12N4S2/c11-6-1-2-9-7(5-6)8(3-4-16-9)13-14-10(12)15/h1-2,5H,3-4,11H2,(H3,12,14,15)/b13-8+. The van der Waals surface area contributed by atoms with Gasteiger partial charge in [-0.15, -0.1) is 11.8 Å². The van der Waals surface area contributed by atoms with Gasteiger partial charge in [0.25, 0.3) is 0 Å². The predicted molar refractivity (Wildman–Crippen MR) is 72.7 cm³/mol. The second kappa shape index (κ2) is 4.71. The molecule has 84 valence electrons. The van der Waals surface area contributed by atoms with Gasteiger partial charge in [0.15, 0.2) is 5.11 Å². The van der Waals surface area contributed by atoms with Crippen LogP contribution in [-0.2, 0) is 0 Å². The van der Waals surface area contributed by atoms with Gasteiger partial charge in [0.2, 0.25) is 0 Å². The van der Waals surface area contributed by atoms with Crippen LogP contribution in [-0.4, -0.2) is 16.6 Å². The summed E-state index contributed by atoms with van der Waals surface area (Å²) < 4.78 is 0. The lowest BCUT2D eigenvalue weighted by Gasteiger charge is -2.17. The van der Waals surface area contributed by atoms with Gasteiger partial charge in [0.1, 0.15) is 0 Å². The SMILES string of the molecule is NC(=S)N/N=C1\CCSc2ccc(N)cc21. The van der Waals surface area contributed by atoms with Crippen molar-refractivity contribution in [2.24, 2.45) is 10.8 Å². The van der Waals surface area contributed by atoms with Gasteiger partial charge >= 0.3 is 0 Å². The van der Waals surface area contributed by atoms with E-state index in [1.54, 1.807) is 0 Å². The van der Waals surface area contributed by atoms with Crippen LogP contribution in [0.2, 0.25) is 0 Å². The monoisotopic (exact) mass is 252 g/mol. The molecule has 0 spiro atoms. The van der Waals surface area contributed by atoms with Crippen LogP contribution in [0.1, 0.15) is 12.0 Å². The van der Waals surface area contributed by atoms with Crippen LogP contribution in [0.5, 0.6) is 0 Å². The highest BCUT2D eigenvalue weighted by atomic mass is 32.2. The third-order valence-corrected chi connectivity index (χ3v) is 3.38. The van der Waals surface area contributed by atoms with Gasteiger partial charge in [-0.1, -0.05) is 0 Å². The van der Waals surface area contributed by atoms with E-state index in [9.17, 15) is 0 Å². The van der Waals surface area contributed by atoms with E-state index in [-0.39, 0.29) is 5.11 Å². The zero-order valence-electron chi connectivity index (χ0n) is 8.56. The third kappa shape index (κ3) is 2.45. The first kappa shape index (κ1) is 11.2. The molecule has 1 aliphatic rings. The molecule has 16 heavy (non-hydrogen) atoms. The van der Waals surface area contributed by atoms with Crippen LogP contribution in [0.15, 0.2) is 28.2 Å². The largest absolute Gasteiger partial charge is 0.399 e. The topological polar surface area (TPSA) is 76.4 Å². The number of fused-ring (bicyclic) bond motifs is 1. The normalized spacial score (nSPS) is 16.9. The molecule has 0 radical (unpaired) electrons. The molecule has 6 heteroatoms. The Kier molecular flexibility index (Phi) is 3.31. The van der Waals surface area contributed by atoms with E-state index >= 15 is 0 Å². The number of hydrogen-bond donors (Lipinski definition) is 3. The Balaban J connectivity index is 2.35. The zero-order chi connectivity index (χ0) is 11.5. The van der Waals surface area contributed by atoms with Crippen molar-refractivity contribution >= 4 is 40.5 Å². The summed E-state index contributed by atoms with van der Waals surface area (Å²) in [6.45, 7) is 0. The van der Waals surface area contributed by atoms with E-state index in [0.29, 0.717) is 0 Å². The lowest BCUT2D eigenvalue weighted by Crippen LogP contribution is -2.26. The van der Waals surface area contributed by atoms with Crippen LogP contribution in [0.4, 0.5) is 5.69 Å². The highest BCUT2D eigenvalue weighted by molar-refractivity contribution is 7.99. The molecule has 0 atom stereocenters. The van der Waals surface area contributed by atoms with E-state index < -0.39 is 0 Å². The molecule has 1 aromatic carbocycles. The number of thiocarbonyl (C=S) groups is 1. The van der Waals surface area contributed by atoms with Gasteiger partial charge in [-0.25, -0.2) is 0 Å². The van der Waals surface area contributed by atoms with E-state index in [0.717, 1.165) is 29.1 Å². The molecule has 0 bridgehead atoms. The van der Waals surface area contributed by atoms with Crippen molar-refractivity contribution < 1.29 is 0 Å². The molecule has 0 saturated heterocycles. The fraction of sp³-hybridized carbons (Fsp3) is 0.200. The van der Waals surface area contributed by atoms with Crippen LogP contribution in [0.25, 0.3) is 0 Å². The number of hydrazone groups is 1. The van der Waals surface area contributed by atoms with Gasteiger partial charge in [0, 0.05) is 28.3 Å². The molecule has 2 rings (SSSR count). The molecule has 1 aliphatic heterocycles. The maximum absolute atomic E-state index is 5.76. The smallest absolute Gasteiger partial charge is 0.184 e. The minimum Gasteiger partial charge on any atom is -0.399 e. The number of nitrogen functional groups attached to an aromatic ring is 1. The minimum atomic E-state index is 0.177. The number of hydrogen-bond acceptors (Lipinski definition) is 4. The van der Waals surface area contributed by atoms with Crippen LogP contribution in [0, 0.1) is 0 Å². The van der Waals surface area contributed by atoms with Gasteiger partial charge in [0.05, 0.1) is 5.71 Å². The predicted octanol–water partition coefficient (Wildman–Crippen LogP) is 1.30. The Hall–Kier alpha value is -1.27. The maximum atomic E-state index is 5.76. The molecule has 1 aromatic rings. The molecule has 0 fully saturated rings. The Labute approximate surface area is 103 Å². The molecular formula is C10H12N4S2. The van der Waals surface area contributed by atoms with Crippen molar-refractivity contribution in [2.75, 3.05) is 11.5 Å². The van der Waals surface area contributed by atoms with E-state index in [1.165, 1.54) is 4.90 Å². The fourth-order valence-corrected chi connectivity index (χ4v) is 2.59. The first-order valence-corrected chi connectivity index (χ1v) is 6.21. The summed E-state index contributed by atoms with van der Waals surface area (Å²) in [6.07, 6.45) is 0.886. The lowest BCUT2D eigenvalue weighted by molar-refractivity contribution is 1.01. The number of rotatable bonds is 1.